The maximum absolute atomic E-state index is 12.5. The second kappa shape index (κ2) is 10.5. The van der Waals surface area contributed by atoms with Crippen LogP contribution in [0, 0.1) is 6.92 Å². The van der Waals surface area contributed by atoms with Gasteiger partial charge in [0, 0.05) is 63.5 Å². The Morgan fingerprint density at radius 3 is 2.73 bits per heavy atom. The standard InChI is InChI=1S/C22H31N5O2.HI/c1-16-5-6-18-17(15-25-19(18)14-16)7-8-24-22(23-2)27-11-9-26(10-12-27)21(28)20-4-3-13-29-20;/h5-6,14-15,20,25H,3-4,7-13H2,1-2H3,(H,23,24);1H. The third-order valence-corrected chi connectivity index (χ3v) is 5.91. The topological polar surface area (TPSA) is 73.0 Å². The van der Waals surface area contributed by atoms with Crippen LogP contribution in [0.3, 0.4) is 0 Å². The predicted octanol–water partition coefficient (Wildman–Crippen LogP) is 2.54. The lowest BCUT2D eigenvalue weighted by Crippen LogP contribution is -2.55. The molecular formula is C22H32IN5O2. The van der Waals surface area contributed by atoms with Gasteiger partial charge >= 0.3 is 0 Å². The molecule has 0 bridgehead atoms. The summed E-state index contributed by atoms with van der Waals surface area (Å²) in [6, 6.07) is 6.53. The number of carbonyl (C=O) groups is 1. The molecule has 0 aliphatic carbocycles. The molecule has 2 aromatic rings. The van der Waals surface area contributed by atoms with Crippen LogP contribution in [0.2, 0.25) is 0 Å². The van der Waals surface area contributed by atoms with Gasteiger partial charge in [-0.05, 0) is 43.4 Å². The highest BCUT2D eigenvalue weighted by atomic mass is 127. The number of halogens is 1. The van der Waals surface area contributed by atoms with E-state index in [4.69, 9.17) is 4.74 Å². The Morgan fingerprint density at radius 2 is 2.03 bits per heavy atom. The first-order valence-corrected chi connectivity index (χ1v) is 10.6. The van der Waals surface area contributed by atoms with Gasteiger partial charge < -0.3 is 24.8 Å². The Kier molecular flexibility index (Phi) is 7.99. The highest BCUT2D eigenvalue weighted by Gasteiger charge is 2.30. The van der Waals surface area contributed by atoms with Crippen LogP contribution in [0.4, 0.5) is 0 Å². The number of benzene rings is 1. The molecule has 0 spiro atoms. The Morgan fingerprint density at radius 1 is 1.27 bits per heavy atom. The summed E-state index contributed by atoms with van der Waals surface area (Å²) in [5.41, 5.74) is 3.77. The molecule has 2 N–H and O–H groups in total. The number of amides is 1. The van der Waals surface area contributed by atoms with E-state index in [1.807, 2.05) is 11.9 Å². The average Bonchev–Trinajstić information content (AvgIpc) is 3.41. The van der Waals surface area contributed by atoms with Crippen LogP contribution >= 0.6 is 24.0 Å². The number of nitrogens with one attached hydrogen (secondary N) is 2. The van der Waals surface area contributed by atoms with Gasteiger partial charge in [0.2, 0.25) is 0 Å². The van der Waals surface area contributed by atoms with Crippen molar-refractivity contribution in [3.63, 3.8) is 0 Å². The van der Waals surface area contributed by atoms with E-state index in [0.29, 0.717) is 6.61 Å². The van der Waals surface area contributed by atoms with Crippen LogP contribution in [-0.4, -0.2) is 79.1 Å². The number of aromatic nitrogens is 1. The predicted molar refractivity (Wildman–Crippen MR) is 131 cm³/mol. The zero-order chi connectivity index (χ0) is 20.2. The quantitative estimate of drug-likeness (QED) is 0.366. The number of aromatic amines is 1. The zero-order valence-corrected chi connectivity index (χ0v) is 20.1. The molecule has 164 valence electrons. The number of aliphatic imine (C=N–C) groups is 1. The number of guanidine groups is 1. The summed E-state index contributed by atoms with van der Waals surface area (Å²) in [5.74, 6) is 1.06. The molecule has 1 atom stereocenters. The summed E-state index contributed by atoms with van der Waals surface area (Å²) in [7, 11) is 1.82. The first kappa shape index (κ1) is 22.9. The van der Waals surface area contributed by atoms with Crippen LogP contribution in [0.1, 0.15) is 24.0 Å². The third kappa shape index (κ3) is 5.08. The highest BCUT2D eigenvalue weighted by molar-refractivity contribution is 14.0. The van der Waals surface area contributed by atoms with Crippen LogP contribution in [0.5, 0.6) is 0 Å². The van der Waals surface area contributed by atoms with Crippen LogP contribution in [-0.2, 0) is 16.0 Å². The first-order valence-electron chi connectivity index (χ1n) is 10.6. The third-order valence-electron chi connectivity index (χ3n) is 5.91. The van der Waals surface area contributed by atoms with Gasteiger partial charge in [0.05, 0.1) is 0 Å². The zero-order valence-electron chi connectivity index (χ0n) is 17.8. The number of H-pyrrole nitrogens is 1. The van der Waals surface area contributed by atoms with Gasteiger partial charge in [-0.2, -0.15) is 0 Å². The molecule has 2 saturated heterocycles. The number of piperazine rings is 1. The van der Waals surface area contributed by atoms with E-state index >= 15 is 0 Å². The molecule has 2 aliphatic heterocycles. The molecule has 1 aromatic carbocycles. The minimum absolute atomic E-state index is 0. The molecule has 2 aliphatic rings. The molecule has 2 fully saturated rings. The van der Waals surface area contributed by atoms with E-state index in [1.54, 1.807) is 0 Å². The van der Waals surface area contributed by atoms with Crippen molar-refractivity contribution in [2.75, 3.05) is 46.4 Å². The Balaban J connectivity index is 0.00000256. The van der Waals surface area contributed by atoms with Gasteiger partial charge in [-0.25, -0.2) is 0 Å². The van der Waals surface area contributed by atoms with Gasteiger partial charge in [0.25, 0.3) is 5.91 Å². The molecule has 4 rings (SSSR count). The Labute approximate surface area is 195 Å². The van der Waals surface area contributed by atoms with Crippen molar-refractivity contribution in [2.24, 2.45) is 4.99 Å². The van der Waals surface area contributed by atoms with Gasteiger partial charge in [0.1, 0.15) is 6.10 Å². The minimum Gasteiger partial charge on any atom is -0.368 e. The molecule has 8 heteroatoms. The lowest BCUT2D eigenvalue weighted by atomic mass is 10.1. The number of hydrogen-bond acceptors (Lipinski definition) is 3. The van der Waals surface area contributed by atoms with Gasteiger partial charge in [-0.3, -0.25) is 9.79 Å². The van der Waals surface area contributed by atoms with Crippen molar-refractivity contribution >= 4 is 46.7 Å². The summed E-state index contributed by atoms with van der Waals surface area (Å²) in [4.78, 5) is 24.5. The molecule has 0 saturated carbocycles. The Bertz CT molecular complexity index is 883. The van der Waals surface area contributed by atoms with Gasteiger partial charge in [-0.15, -0.1) is 24.0 Å². The van der Waals surface area contributed by atoms with Crippen molar-refractivity contribution in [1.82, 2.24) is 20.1 Å². The fraction of sp³-hybridized carbons (Fsp3) is 0.545. The second-order valence-corrected chi connectivity index (χ2v) is 7.90. The maximum Gasteiger partial charge on any atom is 0.251 e. The minimum atomic E-state index is -0.223. The number of rotatable bonds is 4. The lowest BCUT2D eigenvalue weighted by Gasteiger charge is -2.37. The summed E-state index contributed by atoms with van der Waals surface area (Å²) in [6.07, 6.45) is 4.65. The van der Waals surface area contributed by atoms with E-state index < -0.39 is 0 Å². The van der Waals surface area contributed by atoms with Crippen LogP contribution in [0.25, 0.3) is 10.9 Å². The van der Waals surface area contributed by atoms with Crippen molar-refractivity contribution in [2.45, 2.75) is 32.3 Å². The molecule has 0 radical (unpaired) electrons. The summed E-state index contributed by atoms with van der Waals surface area (Å²) in [6.45, 7) is 6.68. The normalized spacial score (nSPS) is 19.8. The van der Waals surface area contributed by atoms with Crippen molar-refractivity contribution < 1.29 is 9.53 Å². The van der Waals surface area contributed by atoms with Crippen LogP contribution < -0.4 is 5.32 Å². The van der Waals surface area contributed by atoms with E-state index in [9.17, 15) is 4.79 Å². The summed E-state index contributed by atoms with van der Waals surface area (Å²) < 4.78 is 5.55. The summed E-state index contributed by atoms with van der Waals surface area (Å²) in [5, 5.41) is 4.77. The molecular weight excluding hydrogens is 493 g/mol. The second-order valence-electron chi connectivity index (χ2n) is 7.90. The molecule has 1 aromatic heterocycles. The molecule has 1 unspecified atom stereocenters. The average molecular weight is 525 g/mol. The molecule has 30 heavy (non-hydrogen) atoms. The van der Waals surface area contributed by atoms with Crippen molar-refractivity contribution in [3.8, 4) is 0 Å². The Hall–Kier alpha value is -1.81. The maximum atomic E-state index is 12.5. The van der Waals surface area contributed by atoms with E-state index in [2.05, 4.69) is 51.5 Å². The number of nitrogens with zero attached hydrogens (tertiary/aromatic N) is 3. The first-order chi connectivity index (χ1) is 14.2. The highest BCUT2D eigenvalue weighted by Crippen LogP contribution is 2.20. The van der Waals surface area contributed by atoms with E-state index in [0.717, 1.165) is 57.9 Å². The number of aryl methyl sites for hydroxylation is 1. The number of carbonyl (C=O) groups excluding carboxylic acids is 1. The van der Waals surface area contributed by atoms with Crippen molar-refractivity contribution in [1.29, 1.82) is 0 Å². The van der Waals surface area contributed by atoms with Crippen molar-refractivity contribution in [3.05, 3.63) is 35.5 Å². The number of fused-ring (bicyclic) bond motifs is 1. The number of ether oxygens (including phenoxy) is 1. The fourth-order valence-electron chi connectivity index (χ4n) is 4.26. The smallest absolute Gasteiger partial charge is 0.251 e. The monoisotopic (exact) mass is 525 g/mol. The van der Waals surface area contributed by atoms with E-state index in [-0.39, 0.29) is 36.0 Å². The van der Waals surface area contributed by atoms with E-state index in [1.165, 1.54) is 22.0 Å². The number of hydrogen-bond donors (Lipinski definition) is 2. The van der Waals surface area contributed by atoms with Crippen LogP contribution in [0.15, 0.2) is 29.4 Å². The molecule has 1 amide bonds. The summed E-state index contributed by atoms with van der Waals surface area (Å²) >= 11 is 0. The fourth-order valence-corrected chi connectivity index (χ4v) is 4.26. The lowest BCUT2D eigenvalue weighted by molar-refractivity contribution is -0.142. The molecule has 7 nitrogen and oxygen atoms in total. The van der Waals surface area contributed by atoms with Gasteiger partial charge in [-0.1, -0.05) is 12.1 Å². The SMILES string of the molecule is CN=C(NCCc1c[nH]c2cc(C)ccc12)N1CCN(C(=O)C2CCCO2)CC1.I. The molecule has 3 heterocycles. The van der Waals surface area contributed by atoms with Gasteiger partial charge in [0.15, 0.2) is 5.96 Å². The largest absolute Gasteiger partial charge is 0.368 e.